The number of carbonyl (C=O) groups excluding carboxylic acids is 4. The van der Waals surface area contributed by atoms with Gasteiger partial charge in [0.1, 0.15) is 17.5 Å². The van der Waals surface area contributed by atoms with E-state index in [0.29, 0.717) is 12.2 Å². The number of nitrogens with one attached hydrogen (secondary N) is 2. The fraction of sp³-hybridized carbons (Fsp3) is 0.433. The molecule has 9 heteroatoms. The molecule has 208 valence electrons. The number of aryl methyl sites for hydroxylation is 2. The summed E-state index contributed by atoms with van der Waals surface area (Å²) in [6.45, 7) is 7.10. The van der Waals surface area contributed by atoms with Crippen molar-refractivity contribution in [3.05, 3.63) is 65.5 Å². The number of carbonyl (C=O) groups is 4. The fourth-order valence-corrected chi connectivity index (χ4v) is 4.39. The predicted molar refractivity (Wildman–Crippen MR) is 147 cm³/mol. The van der Waals surface area contributed by atoms with Gasteiger partial charge >= 0.3 is 0 Å². The van der Waals surface area contributed by atoms with E-state index in [0.717, 1.165) is 16.3 Å². The van der Waals surface area contributed by atoms with Crippen LogP contribution in [0.1, 0.15) is 61.8 Å². The number of hydrogen-bond acceptors (Lipinski definition) is 7. The van der Waals surface area contributed by atoms with Gasteiger partial charge in [-0.25, -0.2) is 0 Å². The van der Waals surface area contributed by atoms with Crippen LogP contribution in [0.3, 0.4) is 0 Å². The standard InChI is InChI=1S/C30H37N3O6/c1-19-15-24(33-39-19)27(35)16-22(17-28(36)32-30(2,3)4)29(37)31-25(18-38-5)26(34)14-13-21-11-8-10-20-9-6-7-12-23(20)21/h6-12,15,22,25H,13-14,16-18H2,1-5H3,(H,31,37)(H,32,36)/t22-,25-/m0/s1. The van der Waals surface area contributed by atoms with E-state index in [1.165, 1.54) is 13.2 Å². The third-order valence-electron chi connectivity index (χ3n) is 6.22. The average Bonchev–Trinajstić information content (AvgIpc) is 3.31. The summed E-state index contributed by atoms with van der Waals surface area (Å²) in [5.41, 5.74) is 0.608. The molecular weight excluding hydrogens is 498 g/mol. The van der Waals surface area contributed by atoms with E-state index in [1.54, 1.807) is 6.92 Å². The van der Waals surface area contributed by atoms with Crippen LogP contribution in [0.15, 0.2) is 53.1 Å². The molecule has 0 fully saturated rings. The van der Waals surface area contributed by atoms with Gasteiger partial charge in [0.25, 0.3) is 0 Å². The second-order valence-corrected chi connectivity index (χ2v) is 10.8. The van der Waals surface area contributed by atoms with Crippen LogP contribution in [0.25, 0.3) is 10.8 Å². The maximum atomic E-state index is 13.4. The highest BCUT2D eigenvalue weighted by atomic mass is 16.5. The lowest BCUT2D eigenvalue weighted by molar-refractivity contribution is -0.133. The minimum absolute atomic E-state index is 0.0303. The zero-order valence-corrected chi connectivity index (χ0v) is 23.2. The average molecular weight is 536 g/mol. The van der Waals surface area contributed by atoms with Crippen molar-refractivity contribution in [2.24, 2.45) is 5.92 Å². The van der Waals surface area contributed by atoms with E-state index in [1.807, 2.05) is 63.2 Å². The number of amides is 2. The molecule has 0 bridgehead atoms. The molecule has 1 heterocycles. The van der Waals surface area contributed by atoms with Crippen LogP contribution in [0, 0.1) is 12.8 Å². The zero-order chi connectivity index (χ0) is 28.6. The highest BCUT2D eigenvalue weighted by Gasteiger charge is 2.31. The molecule has 2 atom stereocenters. The summed E-state index contributed by atoms with van der Waals surface area (Å²) in [6, 6.07) is 14.5. The Hall–Kier alpha value is -3.85. The molecule has 1 aromatic heterocycles. The Morgan fingerprint density at radius 3 is 2.41 bits per heavy atom. The molecule has 2 N–H and O–H groups in total. The van der Waals surface area contributed by atoms with Gasteiger partial charge in [-0.2, -0.15) is 0 Å². The maximum absolute atomic E-state index is 13.4. The minimum Gasteiger partial charge on any atom is -0.382 e. The van der Waals surface area contributed by atoms with E-state index in [-0.39, 0.29) is 43.3 Å². The van der Waals surface area contributed by atoms with Crippen molar-refractivity contribution in [1.29, 1.82) is 0 Å². The Morgan fingerprint density at radius 2 is 1.74 bits per heavy atom. The Kier molecular flexibility index (Phi) is 10.1. The number of rotatable bonds is 13. The van der Waals surface area contributed by atoms with Crippen LogP contribution in [-0.4, -0.2) is 53.8 Å². The van der Waals surface area contributed by atoms with Crippen LogP contribution in [0.2, 0.25) is 0 Å². The van der Waals surface area contributed by atoms with Crippen LogP contribution >= 0.6 is 0 Å². The fourth-order valence-electron chi connectivity index (χ4n) is 4.39. The van der Waals surface area contributed by atoms with E-state index in [9.17, 15) is 19.2 Å². The lowest BCUT2D eigenvalue weighted by Crippen LogP contribution is -2.48. The number of Topliss-reactive ketones (excluding diaryl/α,β-unsaturated/α-hetero) is 2. The molecule has 3 aromatic rings. The van der Waals surface area contributed by atoms with Crippen molar-refractivity contribution >= 4 is 34.2 Å². The third kappa shape index (κ3) is 8.85. The molecule has 0 spiro atoms. The molecule has 0 aliphatic rings. The molecule has 3 rings (SSSR count). The monoisotopic (exact) mass is 535 g/mol. The Balaban J connectivity index is 1.72. The lowest BCUT2D eigenvalue weighted by Gasteiger charge is -2.24. The highest BCUT2D eigenvalue weighted by molar-refractivity contribution is 5.99. The second-order valence-electron chi connectivity index (χ2n) is 10.8. The summed E-state index contributed by atoms with van der Waals surface area (Å²) >= 11 is 0. The van der Waals surface area contributed by atoms with Crippen LogP contribution < -0.4 is 10.6 Å². The number of methoxy groups -OCH3 is 1. The summed E-state index contributed by atoms with van der Waals surface area (Å²) in [5.74, 6) is -2.13. The van der Waals surface area contributed by atoms with E-state index < -0.39 is 29.2 Å². The molecule has 0 saturated carbocycles. The van der Waals surface area contributed by atoms with Gasteiger partial charge in [-0.05, 0) is 50.5 Å². The second kappa shape index (κ2) is 13.3. The van der Waals surface area contributed by atoms with Gasteiger partial charge in [-0.15, -0.1) is 0 Å². The predicted octanol–water partition coefficient (Wildman–Crippen LogP) is 3.96. The number of ketones is 2. The first-order valence-corrected chi connectivity index (χ1v) is 13.0. The number of aromatic nitrogens is 1. The number of benzene rings is 2. The number of ether oxygens (including phenoxy) is 1. The van der Waals surface area contributed by atoms with Gasteiger partial charge in [0, 0.05) is 38.0 Å². The van der Waals surface area contributed by atoms with Crippen molar-refractivity contribution in [3.63, 3.8) is 0 Å². The van der Waals surface area contributed by atoms with E-state index in [2.05, 4.69) is 15.8 Å². The van der Waals surface area contributed by atoms with Gasteiger partial charge < -0.3 is 19.9 Å². The van der Waals surface area contributed by atoms with Gasteiger partial charge in [-0.1, -0.05) is 47.6 Å². The maximum Gasteiger partial charge on any atom is 0.224 e. The lowest BCUT2D eigenvalue weighted by atomic mass is 9.94. The van der Waals surface area contributed by atoms with Gasteiger partial charge in [0.05, 0.1) is 12.5 Å². The SMILES string of the molecule is COC[C@H](NC(=O)[C@H](CC(=O)NC(C)(C)C)CC(=O)c1cc(C)on1)C(=O)CCc1cccc2ccccc12. The number of hydrogen-bond donors (Lipinski definition) is 2. The summed E-state index contributed by atoms with van der Waals surface area (Å²) in [5, 5.41) is 11.4. The third-order valence-corrected chi connectivity index (χ3v) is 6.22. The quantitative estimate of drug-likeness (QED) is 0.317. The molecule has 39 heavy (non-hydrogen) atoms. The van der Waals surface area contributed by atoms with Crippen molar-refractivity contribution in [2.45, 2.75) is 65.0 Å². The normalized spacial score (nSPS) is 13.1. The van der Waals surface area contributed by atoms with Gasteiger partial charge in [0.15, 0.2) is 11.6 Å². The Morgan fingerprint density at radius 1 is 1.03 bits per heavy atom. The van der Waals surface area contributed by atoms with Gasteiger partial charge in [0.2, 0.25) is 11.8 Å². The molecule has 0 saturated heterocycles. The molecule has 0 aliphatic heterocycles. The number of fused-ring (bicyclic) bond motifs is 1. The molecule has 2 aromatic carbocycles. The number of nitrogens with zero attached hydrogens (tertiary/aromatic N) is 1. The minimum atomic E-state index is -1.01. The first kappa shape index (κ1) is 29.7. The summed E-state index contributed by atoms with van der Waals surface area (Å²) in [6.07, 6.45) is 0.196. The van der Waals surface area contributed by atoms with Crippen molar-refractivity contribution in [2.75, 3.05) is 13.7 Å². The summed E-state index contributed by atoms with van der Waals surface area (Å²) < 4.78 is 10.2. The van der Waals surface area contributed by atoms with Crippen LogP contribution in [0.4, 0.5) is 0 Å². The molecule has 0 radical (unpaired) electrons. The van der Waals surface area contributed by atoms with Crippen molar-refractivity contribution < 1.29 is 28.4 Å². The summed E-state index contributed by atoms with van der Waals surface area (Å²) in [7, 11) is 1.45. The van der Waals surface area contributed by atoms with E-state index >= 15 is 0 Å². The first-order chi connectivity index (χ1) is 18.5. The van der Waals surface area contributed by atoms with Crippen LogP contribution in [-0.2, 0) is 25.5 Å². The molecule has 9 nitrogen and oxygen atoms in total. The topological polar surface area (TPSA) is 128 Å². The van der Waals surface area contributed by atoms with Crippen LogP contribution in [0.5, 0.6) is 0 Å². The molecule has 0 aliphatic carbocycles. The Bertz CT molecular complexity index is 1320. The molecule has 0 unspecified atom stereocenters. The largest absolute Gasteiger partial charge is 0.382 e. The van der Waals surface area contributed by atoms with Crippen molar-refractivity contribution in [3.8, 4) is 0 Å². The highest BCUT2D eigenvalue weighted by Crippen LogP contribution is 2.20. The van der Waals surface area contributed by atoms with Gasteiger partial charge in [-0.3, -0.25) is 19.2 Å². The molecule has 2 amide bonds. The Labute approximate surface area is 228 Å². The summed E-state index contributed by atoms with van der Waals surface area (Å²) in [4.78, 5) is 52.1. The smallest absolute Gasteiger partial charge is 0.224 e. The molecular formula is C30H37N3O6. The van der Waals surface area contributed by atoms with Crippen molar-refractivity contribution in [1.82, 2.24) is 15.8 Å². The van der Waals surface area contributed by atoms with E-state index in [4.69, 9.17) is 9.26 Å². The zero-order valence-electron chi connectivity index (χ0n) is 23.2. The first-order valence-electron chi connectivity index (χ1n) is 13.0.